The number of rotatable bonds is 3. The molecule has 0 aromatic rings. The summed E-state index contributed by atoms with van der Waals surface area (Å²) in [6.07, 6.45) is 7.12. The fourth-order valence-corrected chi connectivity index (χ4v) is 2.86. The molecule has 0 aliphatic heterocycles. The lowest BCUT2D eigenvalue weighted by molar-refractivity contribution is -0.142. The highest BCUT2D eigenvalue weighted by atomic mass is 16.5. The Morgan fingerprint density at radius 2 is 2.41 bits per heavy atom. The van der Waals surface area contributed by atoms with Crippen LogP contribution in [0, 0.1) is 11.8 Å². The number of methoxy groups -OCH3 is 1. The van der Waals surface area contributed by atoms with E-state index in [0.29, 0.717) is 0 Å². The van der Waals surface area contributed by atoms with Crippen LogP contribution in [0.2, 0.25) is 0 Å². The van der Waals surface area contributed by atoms with E-state index in [1.807, 2.05) is 0 Å². The predicted octanol–water partition coefficient (Wildman–Crippen LogP) is 3.02. The van der Waals surface area contributed by atoms with Crippen molar-refractivity contribution < 1.29 is 16.1 Å². The summed E-state index contributed by atoms with van der Waals surface area (Å²) in [6.45, 7) is 3.88. The predicted molar refractivity (Wildman–Crippen MR) is 67.8 cm³/mol. The average Bonchev–Trinajstić information content (AvgIpc) is 2.70. The number of carbonyl (C=O) groups is 1. The van der Waals surface area contributed by atoms with Crippen LogP contribution in [0.25, 0.3) is 0 Å². The molecule has 0 bridgehead atoms. The average molecular weight is 238 g/mol. The maximum absolute atomic E-state index is 11.1. The maximum atomic E-state index is 11.1. The molecule has 1 saturated carbocycles. The van der Waals surface area contributed by atoms with Gasteiger partial charge in [0.15, 0.2) is 0 Å². The first kappa shape index (κ1) is 12.4. The first-order valence-electron chi connectivity index (χ1n) is 6.17. The summed E-state index contributed by atoms with van der Waals surface area (Å²) in [6, 6.07) is 0. The zero-order valence-electron chi connectivity index (χ0n) is 10.7. The fraction of sp³-hybridized carbons (Fsp3) is 0.643. The van der Waals surface area contributed by atoms with E-state index in [-0.39, 0.29) is 18.9 Å². The zero-order chi connectivity index (χ0) is 12.6. The largest absolute Gasteiger partial charge is 0.481 e. The van der Waals surface area contributed by atoms with E-state index < -0.39 is 5.97 Å². The molecule has 0 aromatic carbocycles. The molecule has 3 heteroatoms. The summed E-state index contributed by atoms with van der Waals surface area (Å²) in [4.78, 5) is 11.1. The summed E-state index contributed by atoms with van der Waals surface area (Å²) in [5.74, 6) is -0.809. The van der Waals surface area contributed by atoms with E-state index in [1.54, 1.807) is 14.0 Å². The number of allylic oxidation sites excluding steroid dienone is 2. The van der Waals surface area contributed by atoms with Gasteiger partial charge in [-0.1, -0.05) is 13.0 Å². The minimum absolute atomic E-state index is 0. The van der Waals surface area contributed by atoms with Crippen LogP contribution >= 0.6 is 0 Å². The van der Waals surface area contributed by atoms with Crippen molar-refractivity contribution in [2.24, 2.45) is 11.8 Å². The molecule has 3 unspecified atom stereocenters. The van der Waals surface area contributed by atoms with Crippen molar-refractivity contribution in [3.8, 4) is 0 Å². The Kier molecular flexibility index (Phi) is 3.13. The quantitative estimate of drug-likeness (QED) is 0.822. The molecule has 96 valence electrons. The summed E-state index contributed by atoms with van der Waals surface area (Å²) in [5.41, 5.74) is 2.33. The topological polar surface area (TPSA) is 46.5 Å². The molecule has 0 heterocycles. The van der Waals surface area contributed by atoms with Crippen LogP contribution in [0.4, 0.5) is 0 Å². The Labute approximate surface area is 104 Å². The molecule has 2 aliphatic carbocycles. The van der Waals surface area contributed by atoms with Gasteiger partial charge in [0.05, 0.1) is 11.5 Å². The SMILES string of the molecule is COC1(C)C=C2CCC(C(C)C(=O)O)C2=CC1.[HH]. The summed E-state index contributed by atoms with van der Waals surface area (Å²) >= 11 is 0. The van der Waals surface area contributed by atoms with Crippen LogP contribution in [-0.2, 0) is 9.53 Å². The third-order valence-corrected chi connectivity index (χ3v) is 4.16. The van der Waals surface area contributed by atoms with Crippen molar-refractivity contribution in [3.05, 3.63) is 23.3 Å². The number of carboxylic acids is 1. The van der Waals surface area contributed by atoms with Crippen LogP contribution in [-0.4, -0.2) is 23.8 Å². The van der Waals surface area contributed by atoms with E-state index in [0.717, 1.165) is 19.3 Å². The van der Waals surface area contributed by atoms with Crippen molar-refractivity contribution in [1.29, 1.82) is 0 Å². The number of hydrogen-bond acceptors (Lipinski definition) is 2. The second-order valence-electron chi connectivity index (χ2n) is 5.32. The van der Waals surface area contributed by atoms with Gasteiger partial charge in [0.1, 0.15) is 0 Å². The van der Waals surface area contributed by atoms with Gasteiger partial charge in [-0.2, -0.15) is 0 Å². The fourth-order valence-electron chi connectivity index (χ4n) is 2.86. The normalized spacial score (nSPS) is 33.7. The van der Waals surface area contributed by atoms with Crippen LogP contribution in [0.1, 0.15) is 34.5 Å². The van der Waals surface area contributed by atoms with Crippen LogP contribution in [0.15, 0.2) is 23.3 Å². The highest BCUT2D eigenvalue weighted by Gasteiger charge is 2.37. The molecule has 0 amide bonds. The first-order valence-corrected chi connectivity index (χ1v) is 6.17. The number of hydrogen-bond donors (Lipinski definition) is 1. The van der Waals surface area contributed by atoms with E-state index in [9.17, 15) is 4.79 Å². The molecule has 0 aromatic heterocycles. The first-order chi connectivity index (χ1) is 7.97. The number of fused-ring (bicyclic) bond motifs is 1. The number of aliphatic carboxylic acids is 1. The lowest BCUT2D eigenvalue weighted by Crippen LogP contribution is -2.27. The Hall–Kier alpha value is -1.09. The Bertz CT molecular complexity index is 400. The Balaban J connectivity index is 0.00000162. The van der Waals surface area contributed by atoms with Crippen LogP contribution in [0.5, 0.6) is 0 Å². The van der Waals surface area contributed by atoms with E-state index in [2.05, 4.69) is 19.1 Å². The molecule has 2 rings (SSSR count). The highest BCUT2D eigenvalue weighted by Crippen LogP contribution is 2.45. The highest BCUT2D eigenvalue weighted by molar-refractivity contribution is 5.71. The van der Waals surface area contributed by atoms with Crippen LogP contribution in [0.3, 0.4) is 0 Å². The molecule has 0 spiro atoms. The lowest BCUT2D eigenvalue weighted by Gasteiger charge is -2.29. The third-order valence-electron chi connectivity index (χ3n) is 4.16. The molecule has 1 N–H and O–H groups in total. The van der Waals surface area contributed by atoms with Crippen molar-refractivity contribution >= 4 is 5.97 Å². The monoisotopic (exact) mass is 238 g/mol. The Morgan fingerprint density at radius 1 is 1.71 bits per heavy atom. The Morgan fingerprint density at radius 3 is 3.00 bits per heavy atom. The van der Waals surface area contributed by atoms with Crippen LogP contribution < -0.4 is 0 Å². The molecule has 3 nitrogen and oxygen atoms in total. The zero-order valence-corrected chi connectivity index (χ0v) is 10.7. The molecular formula is C14H22O3. The van der Waals surface area contributed by atoms with Crippen molar-refractivity contribution in [2.75, 3.05) is 7.11 Å². The van der Waals surface area contributed by atoms with Crippen molar-refractivity contribution in [3.63, 3.8) is 0 Å². The van der Waals surface area contributed by atoms with Crippen molar-refractivity contribution in [2.45, 2.75) is 38.7 Å². The molecule has 1 fully saturated rings. The maximum Gasteiger partial charge on any atom is 0.306 e. The minimum atomic E-state index is -0.697. The van der Waals surface area contributed by atoms with E-state index >= 15 is 0 Å². The van der Waals surface area contributed by atoms with Crippen molar-refractivity contribution in [1.82, 2.24) is 0 Å². The summed E-state index contributed by atoms with van der Waals surface area (Å²) in [5, 5.41) is 9.11. The van der Waals surface area contributed by atoms with Gasteiger partial charge >= 0.3 is 5.97 Å². The molecule has 17 heavy (non-hydrogen) atoms. The second kappa shape index (κ2) is 4.30. The molecule has 3 atom stereocenters. The van der Waals surface area contributed by atoms with Gasteiger partial charge in [0.2, 0.25) is 0 Å². The number of carboxylic acid groups (broad SMARTS) is 1. The smallest absolute Gasteiger partial charge is 0.306 e. The summed E-state index contributed by atoms with van der Waals surface area (Å²) in [7, 11) is 1.72. The molecule has 0 saturated heterocycles. The second-order valence-corrected chi connectivity index (χ2v) is 5.32. The lowest BCUT2D eigenvalue weighted by atomic mass is 9.83. The van der Waals surface area contributed by atoms with Gasteiger partial charge in [-0.3, -0.25) is 4.79 Å². The van der Waals surface area contributed by atoms with Gasteiger partial charge in [-0.05, 0) is 49.3 Å². The molecular weight excluding hydrogens is 216 g/mol. The van der Waals surface area contributed by atoms with Gasteiger partial charge in [0, 0.05) is 8.54 Å². The van der Waals surface area contributed by atoms with Gasteiger partial charge in [-0.25, -0.2) is 0 Å². The third kappa shape index (κ3) is 2.16. The van der Waals surface area contributed by atoms with E-state index in [1.165, 1.54) is 11.1 Å². The van der Waals surface area contributed by atoms with Gasteiger partial charge in [0.25, 0.3) is 0 Å². The molecule has 2 aliphatic rings. The standard InChI is InChI=1S/C14H20O3.H2/c1-9(13(15)16)11-5-4-10-8-14(2,17-3)7-6-12(10)11;/h6,8-9,11H,4-5,7H2,1-3H3,(H,15,16);1H. The van der Waals surface area contributed by atoms with E-state index in [4.69, 9.17) is 9.84 Å². The van der Waals surface area contributed by atoms with Gasteiger partial charge < -0.3 is 9.84 Å². The van der Waals surface area contributed by atoms with Gasteiger partial charge in [-0.15, -0.1) is 0 Å². The minimum Gasteiger partial charge on any atom is -0.481 e. The molecule has 0 radical (unpaired) electrons. The summed E-state index contributed by atoms with van der Waals surface area (Å²) < 4.78 is 5.49. The number of ether oxygens (including phenoxy) is 1.